The van der Waals surface area contributed by atoms with Gasteiger partial charge in [0.05, 0.1) is 0 Å². The van der Waals surface area contributed by atoms with Crippen molar-refractivity contribution in [3.63, 3.8) is 0 Å². The summed E-state index contributed by atoms with van der Waals surface area (Å²) in [5, 5.41) is 3.57. The van der Waals surface area contributed by atoms with E-state index >= 15 is 0 Å². The molecule has 3 nitrogen and oxygen atoms in total. The van der Waals surface area contributed by atoms with Crippen molar-refractivity contribution in [1.29, 1.82) is 0 Å². The maximum Gasteiger partial charge on any atom is 0.227 e. The van der Waals surface area contributed by atoms with E-state index in [2.05, 4.69) is 36.5 Å². The number of nitrogens with one attached hydrogen (secondary N) is 1. The predicted molar refractivity (Wildman–Crippen MR) is 83.1 cm³/mol. The highest BCUT2D eigenvalue weighted by Gasteiger charge is 2.22. The number of carbonyl (C=O) groups excluding carboxylic acids is 1. The maximum atomic E-state index is 11.7. The van der Waals surface area contributed by atoms with Crippen LogP contribution in [0.2, 0.25) is 0 Å². The van der Waals surface area contributed by atoms with Gasteiger partial charge in [-0.3, -0.25) is 4.79 Å². The lowest BCUT2D eigenvalue weighted by Gasteiger charge is -2.29. The lowest BCUT2D eigenvalue weighted by Crippen LogP contribution is -2.24. The molecule has 0 bridgehead atoms. The van der Waals surface area contributed by atoms with Crippen LogP contribution in [0.5, 0.6) is 0 Å². The molecular formula is C17H24N2O. The molecule has 0 spiro atoms. The SMILES string of the molecule is CC(CC1CCC1)Nc1ccc(N2CCCC2=O)cc1. The first-order valence-corrected chi connectivity index (χ1v) is 7.89. The normalized spacial score (nSPS) is 20.9. The van der Waals surface area contributed by atoms with Gasteiger partial charge in [0.25, 0.3) is 0 Å². The van der Waals surface area contributed by atoms with Gasteiger partial charge in [-0.05, 0) is 49.9 Å². The third kappa shape index (κ3) is 2.97. The predicted octanol–water partition coefficient (Wildman–Crippen LogP) is 3.80. The van der Waals surface area contributed by atoms with E-state index in [-0.39, 0.29) is 5.91 Å². The van der Waals surface area contributed by atoms with Crippen molar-refractivity contribution >= 4 is 17.3 Å². The van der Waals surface area contributed by atoms with Gasteiger partial charge in [-0.15, -0.1) is 0 Å². The number of anilines is 2. The molecule has 1 aromatic rings. The first kappa shape index (κ1) is 13.5. The summed E-state index contributed by atoms with van der Waals surface area (Å²) >= 11 is 0. The summed E-state index contributed by atoms with van der Waals surface area (Å²) in [5.41, 5.74) is 2.19. The minimum absolute atomic E-state index is 0.254. The van der Waals surface area contributed by atoms with E-state index in [1.54, 1.807) is 0 Å². The van der Waals surface area contributed by atoms with E-state index in [1.165, 1.54) is 25.7 Å². The number of hydrogen-bond donors (Lipinski definition) is 1. The van der Waals surface area contributed by atoms with Gasteiger partial charge in [0.2, 0.25) is 5.91 Å². The van der Waals surface area contributed by atoms with Crippen molar-refractivity contribution in [3.8, 4) is 0 Å². The Hall–Kier alpha value is -1.51. The molecule has 108 valence electrons. The van der Waals surface area contributed by atoms with Gasteiger partial charge < -0.3 is 10.2 Å². The van der Waals surface area contributed by atoms with E-state index in [0.717, 1.165) is 30.3 Å². The van der Waals surface area contributed by atoms with E-state index in [1.807, 2.05) is 4.90 Å². The molecule has 0 aromatic heterocycles. The quantitative estimate of drug-likeness (QED) is 0.884. The van der Waals surface area contributed by atoms with Crippen LogP contribution in [0.1, 0.15) is 45.4 Å². The number of amides is 1. The van der Waals surface area contributed by atoms with Crippen molar-refractivity contribution in [2.24, 2.45) is 5.92 Å². The second kappa shape index (κ2) is 5.86. The van der Waals surface area contributed by atoms with Crippen LogP contribution >= 0.6 is 0 Å². The Morgan fingerprint density at radius 2 is 2.00 bits per heavy atom. The molecule has 1 amide bonds. The van der Waals surface area contributed by atoms with Crippen molar-refractivity contribution in [2.75, 3.05) is 16.8 Å². The van der Waals surface area contributed by atoms with Gasteiger partial charge >= 0.3 is 0 Å². The average Bonchev–Trinajstić information content (AvgIpc) is 2.81. The molecule has 20 heavy (non-hydrogen) atoms. The van der Waals surface area contributed by atoms with Crippen LogP contribution in [-0.2, 0) is 4.79 Å². The van der Waals surface area contributed by atoms with Gasteiger partial charge in [-0.2, -0.15) is 0 Å². The molecule has 3 heteroatoms. The first-order chi connectivity index (χ1) is 9.72. The molecule has 1 aliphatic heterocycles. The molecule has 1 saturated carbocycles. The van der Waals surface area contributed by atoms with Gasteiger partial charge in [-0.25, -0.2) is 0 Å². The van der Waals surface area contributed by atoms with Crippen molar-refractivity contribution in [1.82, 2.24) is 0 Å². The zero-order valence-corrected chi connectivity index (χ0v) is 12.3. The fourth-order valence-electron chi connectivity index (χ4n) is 3.23. The summed E-state index contributed by atoms with van der Waals surface area (Å²) in [6.07, 6.45) is 7.17. The summed E-state index contributed by atoms with van der Waals surface area (Å²) < 4.78 is 0. The second-order valence-corrected chi connectivity index (χ2v) is 6.27. The highest BCUT2D eigenvalue weighted by molar-refractivity contribution is 5.95. The van der Waals surface area contributed by atoms with Crippen LogP contribution < -0.4 is 10.2 Å². The molecule has 1 unspecified atom stereocenters. The number of nitrogens with zero attached hydrogens (tertiary/aromatic N) is 1. The monoisotopic (exact) mass is 272 g/mol. The van der Waals surface area contributed by atoms with Crippen molar-refractivity contribution in [3.05, 3.63) is 24.3 Å². The zero-order valence-electron chi connectivity index (χ0n) is 12.3. The van der Waals surface area contributed by atoms with Crippen LogP contribution in [0.15, 0.2) is 24.3 Å². The molecule has 1 aromatic carbocycles. The lowest BCUT2D eigenvalue weighted by atomic mass is 9.81. The van der Waals surface area contributed by atoms with Crippen molar-refractivity contribution < 1.29 is 4.79 Å². The largest absolute Gasteiger partial charge is 0.383 e. The summed E-state index contributed by atoms with van der Waals surface area (Å²) in [5.74, 6) is 1.18. The molecule has 2 aliphatic rings. The van der Waals surface area contributed by atoms with Gasteiger partial charge in [0, 0.05) is 30.4 Å². The molecule has 1 N–H and O–H groups in total. The molecule has 1 heterocycles. The zero-order chi connectivity index (χ0) is 13.9. The van der Waals surface area contributed by atoms with E-state index in [0.29, 0.717) is 12.5 Å². The van der Waals surface area contributed by atoms with E-state index in [9.17, 15) is 4.79 Å². The summed E-state index contributed by atoms with van der Waals surface area (Å²) in [4.78, 5) is 13.6. The summed E-state index contributed by atoms with van der Waals surface area (Å²) in [6.45, 7) is 3.12. The van der Waals surface area contributed by atoms with Gasteiger partial charge in [0.15, 0.2) is 0 Å². The highest BCUT2D eigenvalue weighted by Crippen LogP contribution is 2.31. The standard InChI is InChI=1S/C17H24N2O/c1-13(12-14-4-2-5-14)18-15-7-9-16(10-8-15)19-11-3-6-17(19)20/h7-10,13-14,18H,2-6,11-12H2,1H3. The Bertz CT molecular complexity index is 464. The van der Waals surface area contributed by atoms with Crippen LogP contribution in [-0.4, -0.2) is 18.5 Å². The van der Waals surface area contributed by atoms with E-state index in [4.69, 9.17) is 0 Å². The Morgan fingerprint density at radius 3 is 2.55 bits per heavy atom. The Labute approximate surface area is 121 Å². The second-order valence-electron chi connectivity index (χ2n) is 6.27. The Morgan fingerprint density at radius 1 is 1.25 bits per heavy atom. The fourth-order valence-corrected chi connectivity index (χ4v) is 3.23. The highest BCUT2D eigenvalue weighted by atomic mass is 16.2. The molecule has 3 rings (SSSR count). The summed E-state index contributed by atoms with van der Waals surface area (Å²) in [7, 11) is 0. The number of rotatable bonds is 5. The number of benzene rings is 1. The van der Waals surface area contributed by atoms with Crippen LogP contribution in [0.3, 0.4) is 0 Å². The third-order valence-corrected chi connectivity index (χ3v) is 4.58. The number of hydrogen-bond acceptors (Lipinski definition) is 2. The van der Waals surface area contributed by atoms with Crippen LogP contribution in [0, 0.1) is 5.92 Å². The Balaban J connectivity index is 1.56. The van der Waals surface area contributed by atoms with Crippen molar-refractivity contribution in [2.45, 2.75) is 51.5 Å². The molecule has 1 aliphatic carbocycles. The average molecular weight is 272 g/mol. The third-order valence-electron chi connectivity index (χ3n) is 4.58. The molecule has 1 saturated heterocycles. The van der Waals surface area contributed by atoms with E-state index < -0.39 is 0 Å². The lowest BCUT2D eigenvalue weighted by molar-refractivity contribution is -0.117. The molecule has 0 radical (unpaired) electrons. The minimum atomic E-state index is 0.254. The van der Waals surface area contributed by atoms with Gasteiger partial charge in [0.1, 0.15) is 0 Å². The minimum Gasteiger partial charge on any atom is -0.383 e. The van der Waals surface area contributed by atoms with Gasteiger partial charge in [-0.1, -0.05) is 19.3 Å². The molecule has 1 atom stereocenters. The molecule has 2 fully saturated rings. The summed E-state index contributed by atoms with van der Waals surface area (Å²) in [6, 6.07) is 8.83. The molecular weight excluding hydrogens is 248 g/mol. The fraction of sp³-hybridized carbons (Fsp3) is 0.588. The van der Waals surface area contributed by atoms with Crippen LogP contribution in [0.25, 0.3) is 0 Å². The topological polar surface area (TPSA) is 32.3 Å². The first-order valence-electron chi connectivity index (χ1n) is 7.89. The smallest absolute Gasteiger partial charge is 0.227 e. The Kier molecular flexibility index (Phi) is 3.95. The number of carbonyl (C=O) groups is 1. The van der Waals surface area contributed by atoms with Crippen LogP contribution in [0.4, 0.5) is 11.4 Å². The maximum absolute atomic E-state index is 11.7.